The number of anilines is 1. The van der Waals surface area contributed by atoms with Gasteiger partial charge in [-0.3, -0.25) is 14.9 Å². The molecule has 7 heteroatoms. The third-order valence-corrected chi connectivity index (χ3v) is 3.16. The molecule has 1 amide bonds. The summed E-state index contributed by atoms with van der Waals surface area (Å²) in [6.07, 6.45) is 3.61. The van der Waals surface area contributed by atoms with E-state index in [1.165, 1.54) is 18.2 Å². The molecule has 0 fully saturated rings. The second-order valence-electron chi connectivity index (χ2n) is 4.82. The molecular formula is C15H12N4O3. The number of hydrogen-bond donors (Lipinski definition) is 1. The van der Waals surface area contributed by atoms with Gasteiger partial charge in [-0.05, 0) is 25.1 Å². The highest BCUT2D eigenvalue weighted by Crippen LogP contribution is 2.18. The number of hydrogen-bond acceptors (Lipinski definition) is 4. The molecule has 0 aliphatic carbocycles. The lowest BCUT2D eigenvalue weighted by molar-refractivity contribution is -0.384. The van der Waals surface area contributed by atoms with Crippen LogP contribution in [0.5, 0.6) is 0 Å². The first-order valence-corrected chi connectivity index (χ1v) is 6.54. The molecule has 0 bridgehead atoms. The van der Waals surface area contributed by atoms with Crippen molar-refractivity contribution in [2.24, 2.45) is 0 Å². The van der Waals surface area contributed by atoms with Gasteiger partial charge in [0.15, 0.2) is 0 Å². The average Bonchev–Trinajstić information content (AvgIpc) is 2.86. The predicted octanol–water partition coefficient (Wildman–Crippen LogP) is 2.80. The normalized spacial score (nSPS) is 10.6. The van der Waals surface area contributed by atoms with E-state index in [1.54, 1.807) is 24.4 Å². The summed E-state index contributed by atoms with van der Waals surface area (Å²) >= 11 is 0. The van der Waals surface area contributed by atoms with Gasteiger partial charge in [-0.25, -0.2) is 4.98 Å². The van der Waals surface area contributed by atoms with Crippen LogP contribution in [0.2, 0.25) is 0 Å². The van der Waals surface area contributed by atoms with Crippen LogP contribution < -0.4 is 5.32 Å². The number of benzene rings is 1. The Kier molecular flexibility index (Phi) is 3.30. The quantitative estimate of drug-likeness (QED) is 0.594. The predicted molar refractivity (Wildman–Crippen MR) is 81.0 cm³/mol. The number of aryl methyl sites for hydroxylation is 1. The van der Waals surface area contributed by atoms with Gasteiger partial charge in [-0.2, -0.15) is 0 Å². The summed E-state index contributed by atoms with van der Waals surface area (Å²) in [5.41, 5.74) is 2.26. The van der Waals surface area contributed by atoms with Crippen LogP contribution in [0.4, 0.5) is 11.4 Å². The third-order valence-electron chi connectivity index (χ3n) is 3.16. The molecule has 0 atom stereocenters. The SMILES string of the molecule is Cc1cn2ccc(C(=O)Nc3cccc([N+](=O)[O-])c3)cc2n1. The van der Waals surface area contributed by atoms with Crippen LogP contribution in [-0.2, 0) is 0 Å². The smallest absolute Gasteiger partial charge is 0.271 e. The zero-order chi connectivity index (χ0) is 15.7. The standard InChI is InChI=1S/C15H12N4O3/c1-10-9-18-6-5-11(7-14(18)16-10)15(20)17-12-3-2-4-13(8-12)19(21)22/h2-9H,1H3,(H,17,20). The van der Waals surface area contributed by atoms with Gasteiger partial charge in [-0.1, -0.05) is 6.07 Å². The number of nitro benzene ring substituents is 1. The molecule has 1 N–H and O–H groups in total. The lowest BCUT2D eigenvalue weighted by atomic mass is 10.2. The van der Waals surface area contributed by atoms with E-state index >= 15 is 0 Å². The summed E-state index contributed by atoms with van der Waals surface area (Å²) in [5.74, 6) is -0.344. The second-order valence-corrected chi connectivity index (χ2v) is 4.82. The molecule has 0 radical (unpaired) electrons. The van der Waals surface area contributed by atoms with Crippen LogP contribution in [-0.4, -0.2) is 20.2 Å². The molecule has 0 aliphatic heterocycles. The number of carbonyl (C=O) groups excluding carboxylic acids is 1. The molecule has 3 aromatic rings. The highest BCUT2D eigenvalue weighted by atomic mass is 16.6. The second kappa shape index (κ2) is 5.28. The molecule has 0 saturated heterocycles. The number of pyridine rings is 1. The van der Waals surface area contributed by atoms with E-state index < -0.39 is 4.92 Å². The van der Waals surface area contributed by atoms with Gasteiger partial charge in [0.05, 0.1) is 10.6 Å². The van der Waals surface area contributed by atoms with Crippen LogP contribution >= 0.6 is 0 Å². The number of carbonyl (C=O) groups is 1. The number of aromatic nitrogens is 2. The topological polar surface area (TPSA) is 89.5 Å². The van der Waals surface area contributed by atoms with Crippen molar-refractivity contribution in [3.63, 3.8) is 0 Å². The van der Waals surface area contributed by atoms with Crippen molar-refractivity contribution in [1.82, 2.24) is 9.38 Å². The first kappa shape index (κ1) is 13.7. The van der Waals surface area contributed by atoms with Crippen molar-refractivity contribution >= 4 is 22.9 Å². The van der Waals surface area contributed by atoms with E-state index in [0.29, 0.717) is 16.9 Å². The average molecular weight is 296 g/mol. The number of amides is 1. The summed E-state index contributed by atoms with van der Waals surface area (Å²) in [4.78, 5) is 26.8. The van der Waals surface area contributed by atoms with Gasteiger partial charge in [-0.15, -0.1) is 0 Å². The number of fused-ring (bicyclic) bond motifs is 1. The number of rotatable bonds is 3. The minimum Gasteiger partial charge on any atom is -0.322 e. The number of nitro groups is 1. The summed E-state index contributed by atoms with van der Waals surface area (Å²) < 4.78 is 1.82. The van der Waals surface area contributed by atoms with Gasteiger partial charge < -0.3 is 9.72 Å². The van der Waals surface area contributed by atoms with Gasteiger partial charge in [0.25, 0.3) is 11.6 Å². The van der Waals surface area contributed by atoms with Gasteiger partial charge in [0.2, 0.25) is 0 Å². The lowest BCUT2D eigenvalue weighted by Crippen LogP contribution is -2.12. The Balaban J connectivity index is 1.86. The van der Waals surface area contributed by atoms with Crippen molar-refractivity contribution in [3.8, 4) is 0 Å². The summed E-state index contributed by atoms with van der Waals surface area (Å²) in [7, 11) is 0. The maximum Gasteiger partial charge on any atom is 0.271 e. The van der Waals surface area contributed by atoms with Gasteiger partial charge in [0, 0.05) is 35.8 Å². The summed E-state index contributed by atoms with van der Waals surface area (Å²) in [6.45, 7) is 1.87. The Morgan fingerprint density at radius 2 is 2.14 bits per heavy atom. The van der Waals surface area contributed by atoms with E-state index in [0.717, 1.165) is 5.69 Å². The van der Waals surface area contributed by atoms with E-state index in [2.05, 4.69) is 10.3 Å². The Labute approximate surface area is 125 Å². The Morgan fingerprint density at radius 3 is 2.91 bits per heavy atom. The van der Waals surface area contributed by atoms with Crippen molar-refractivity contribution in [2.45, 2.75) is 6.92 Å². The Morgan fingerprint density at radius 1 is 1.32 bits per heavy atom. The van der Waals surface area contributed by atoms with Crippen molar-refractivity contribution in [2.75, 3.05) is 5.32 Å². The van der Waals surface area contributed by atoms with E-state index in [9.17, 15) is 14.9 Å². The molecule has 0 unspecified atom stereocenters. The fourth-order valence-electron chi connectivity index (χ4n) is 2.15. The number of imidazole rings is 1. The van der Waals surface area contributed by atoms with Crippen LogP contribution in [0, 0.1) is 17.0 Å². The first-order chi connectivity index (χ1) is 10.5. The molecule has 3 rings (SSSR count). The maximum absolute atomic E-state index is 12.2. The van der Waals surface area contributed by atoms with Crippen LogP contribution in [0.3, 0.4) is 0 Å². The third kappa shape index (κ3) is 2.64. The highest BCUT2D eigenvalue weighted by molar-refractivity contribution is 6.04. The molecule has 2 aromatic heterocycles. The lowest BCUT2D eigenvalue weighted by Gasteiger charge is -2.05. The van der Waals surface area contributed by atoms with E-state index in [1.807, 2.05) is 17.5 Å². The first-order valence-electron chi connectivity index (χ1n) is 6.54. The highest BCUT2D eigenvalue weighted by Gasteiger charge is 2.11. The number of nitrogens with one attached hydrogen (secondary N) is 1. The maximum atomic E-state index is 12.2. The molecule has 0 aliphatic rings. The van der Waals surface area contributed by atoms with Crippen molar-refractivity contribution in [3.05, 3.63) is 70.2 Å². The molecule has 0 saturated carbocycles. The Bertz CT molecular complexity index is 885. The largest absolute Gasteiger partial charge is 0.322 e. The van der Waals surface area contributed by atoms with Gasteiger partial charge in [0.1, 0.15) is 5.65 Å². The molecule has 2 heterocycles. The monoisotopic (exact) mass is 296 g/mol. The van der Waals surface area contributed by atoms with Crippen LogP contribution in [0.15, 0.2) is 48.8 Å². The fraction of sp³-hybridized carbons (Fsp3) is 0.0667. The molecule has 110 valence electrons. The van der Waals surface area contributed by atoms with E-state index in [4.69, 9.17) is 0 Å². The molecule has 7 nitrogen and oxygen atoms in total. The molecule has 0 spiro atoms. The van der Waals surface area contributed by atoms with Crippen LogP contribution in [0.25, 0.3) is 5.65 Å². The molecule has 1 aromatic carbocycles. The van der Waals surface area contributed by atoms with Crippen molar-refractivity contribution in [1.29, 1.82) is 0 Å². The van der Waals surface area contributed by atoms with Crippen molar-refractivity contribution < 1.29 is 9.72 Å². The zero-order valence-electron chi connectivity index (χ0n) is 11.7. The minimum atomic E-state index is -0.505. The summed E-state index contributed by atoms with van der Waals surface area (Å²) in [5, 5.41) is 13.4. The fourth-order valence-corrected chi connectivity index (χ4v) is 2.15. The van der Waals surface area contributed by atoms with Crippen LogP contribution in [0.1, 0.15) is 16.1 Å². The number of nitrogens with zero attached hydrogens (tertiary/aromatic N) is 3. The number of non-ortho nitro benzene ring substituents is 1. The van der Waals surface area contributed by atoms with E-state index in [-0.39, 0.29) is 11.6 Å². The minimum absolute atomic E-state index is 0.0721. The van der Waals surface area contributed by atoms with Gasteiger partial charge >= 0.3 is 0 Å². The molecule has 22 heavy (non-hydrogen) atoms. The molecular weight excluding hydrogens is 284 g/mol. The summed E-state index contributed by atoms with van der Waals surface area (Å²) in [6, 6.07) is 9.14. The zero-order valence-corrected chi connectivity index (χ0v) is 11.7. The Hall–Kier alpha value is -3.22.